The summed E-state index contributed by atoms with van der Waals surface area (Å²) in [5.74, 6) is 0.606. The van der Waals surface area contributed by atoms with Gasteiger partial charge in [0.25, 0.3) is 0 Å². The van der Waals surface area contributed by atoms with Crippen molar-refractivity contribution in [3.8, 4) is 11.3 Å². The van der Waals surface area contributed by atoms with Crippen LogP contribution in [0.15, 0.2) is 24.5 Å². The maximum absolute atomic E-state index is 4.81. The first-order chi connectivity index (χ1) is 8.34. The molecular formula is C13H15N3S. The van der Waals surface area contributed by atoms with Crippen LogP contribution < -0.4 is 5.32 Å². The topological polar surface area (TPSA) is 37.8 Å². The lowest BCUT2D eigenvalue weighted by Gasteiger charge is -2.01. The summed E-state index contributed by atoms with van der Waals surface area (Å²) in [6.07, 6.45) is 4.86. The van der Waals surface area contributed by atoms with Crippen molar-refractivity contribution in [3.63, 3.8) is 0 Å². The monoisotopic (exact) mass is 245 g/mol. The van der Waals surface area contributed by atoms with E-state index in [2.05, 4.69) is 17.2 Å². The summed E-state index contributed by atoms with van der Waals surface area (Å²) in [6, 6.07) is 4.05. The van der Waals surface area contributed by atoms with E-state index in [0.29, 0.717) is 5.92 Å². The Labute approximate surface area is 105 Å². The summed E-state index contributed by atoms with van der Waals surface area (Å²) >= 11 is 1.83. The molecule has 0 amide bonds. The first kappa shape index (κ1) is 10.9. The highest BCUT2D eigenvalue weighted by Crippen LogP contribution is 2.33. The van der Waals surface area contributed by atoms with Crippen molar-refractivity contribution in [2.45, 2.75) is 19.3 Å². The summed E-state index contributed by atoms with van der Waals surface area (Å²) < 4.78 is 0. The van der Waals surface area contributed by atoms with E-state index in [0.717, 1.165) is 18.8 Å². The highest BCUT2D eigenvalue weighted by atomic mass is 32.1. The molecule has 1 unspecified atom stereocenters. The van der Waals surface area contributed by atoms with Crippen LogP contribution in [0.5, 0.6) is 0 Å². The molecule has 1 fully saturated rings. The zero-order chi connectivity index (χ0) is 11.7. The average Bonchev–Trinajstić information content (AvgIpc) is 2.99. The second-order valence-electron chi connectivity index (χ2n) is 4.38. The van der Waals surface area contributed by atoms with Crippen LogP contribution in [-0.4, -0.2) is 23.1 Å². The zero-order valence-corrected chi connectivity index (χ0v) is 10.6. The SMILES string of the molecule is Cc1sc(C2CCNC2)nc1-c1ccncc1. The van der Waals surface area contributed by atoms with Crippen LogP contribution in [0, 0.1) is 6.92 Å². The third-order valence-electron chi connectivity index (χ3n) is 3.18. The minimum absolute atomic E-state index is 0.606. The molecule has 0 saturated carbocycles. The first-order valence-electron chi connectivity index (χ1n) is 5.93. The van der Waals surface area contributed by atoms with E-state index in [4.69, 9.17) is 4.98 Å². The van der Waals surface area contributed by atoms with Gasteiger partial charge in [0, 0.05) is 35.3 Å². The van der Waals surface area contributed by atoms with Crippen molar-refractivity contribution in [2.75, 3.05) is 13.1 Å². The second-order valence-corrected chi connectivity index (χ2v) is 5.62. The van der Waals surface area contributed by atoms with Gasteiger partial charge < -0.3 is 5.32 Å². The molecule has 3 nitrogen and oxygen atoms in total. The number of hydrogen-bond donors (Lipinski definition) is 1. The van der Waals surface area contributed by atoms with Crippen LogP contribution in [0.4, 0.5) is 0 Å². The Morgan fingerprint density at radius 2 is 2.18 bits per heavy atom. The lowest BCUT2D eigenvalue weighted by molar-refractivity contribution is 0.756. The van der Waals surface area contributed by atoms with Gasteiger partial charge in [0.2, 0.25) is 0 Å². The highest BCUT2D eigenvalue weighted by Gasteiger charge is 2.21. The van der Waals surface area contributed by atoms with Crippen molar-refractivity contribution in [1.82, 2.24) is 15.3 Å². The Balaban J connectivity index is 1.96. The Bertz CT molecular complexity index is 501. The van der Waals surface area contributed by atoms with Gasteiger partial charge in [0.05, 0.1) is 10.7 Å². The molecule has 3 rings (SSSR count). The van der Waals surface area contributed by atoms with Crippen LogP contribution >= 0.6 is 11.3 Å². The molecule has 17 heavy (non-hydrogen) atoms. The number of pyridine rings is 1. The largest absolute Gasteiger partial charge is 0.316 e. The second kappa shape index (κ2) is 4.55. The quantitative estimate of drug-likeness (QED) is 0.883. The summed E-state index contributed by atoms with van der Waals surface area (Å²) in [6.45, 7) is 4.34. The number of hydrogen-bond acceptors (Lipinski definition) is 4. The molecule has 0 aliphatic carbocycles. The fourth-order valence-corrected chi connectivity index (χ4v) is 3.31. The predicted octanol–water partition coefficient (Wildman–Crippen LogP) is 2.59. The van der Waals surface area contributed by atoms with Gasteiger partial charge in [0.1, 0.15) is 0 Å². The van der Waals surface area contributed by atoms with Crippen LogP contribution in [0.2, 0.25) is 0 Å². The lowest BCUT2D eigenvalue weighted by atomic mass is 10.1. The Kier molecular flexibility index (Phi) is 2.91. The fourth-order valence-electron chi connectivity index (χ4n) is 2.23. The van der Waals surface area contributed by atoms with Gasteiger partial charge >= 0.3 is 0 Å². The molecule has 1 atom stereocenters. The zero-order valence-electron chi connectivity index (χ0n) is 9.81. The third-order valence-corrected chi connectivity index (χ3v) is 4.31. The van der Waals surface area contributed by atoms with Gasteiger partial charge in [-0.1, -0.05) is 0 Å². The van der Waals surface area contributed by atoms with Gasteiger partial charge in [-0.25, -0.2) is 4.98 Å². The predicted molar refractivity (Wildman–Crippen MR) is 70.3 cm³/mol. The molecule has 0 radical (unpaired) electrons. The number of aromatic nitrogens is 2. The van der Waals surface area contributed by atoms with Gasteiger partial charge in [0.15, 0.2) is 0 Å². The normalized spacial score (nSPS) is 19.7. The van der Waals surface area contributed by atoms with Crippen LogP contribution in [0.25, 0.3) is 11.3 Å². The smallest absolute Gasteiger partial charge is 0.0979 e. The van der Waals surface area contributed by atoms with E-state index in [1.165, 1.54) is 21.9 Å². The van der Waals surface area contributed by atoms with Gasteiger partial charge in [-0.3, -0.25) is 4.98 Å². The number of thiazole rings is 1. The van der Waals surface area contributed by atoms with Crippen LogP contribution in [-0.2, 0) is 0 Å². The number of nitrogens with zero attached hydrogens (tertiary/aromatic N) is 2. The van der Waals surface area contributed by atoms with Crippen molar-refractivity contribution in [2.24, 2.45) is 0 Å². The molecule has 0 bridgehead atoms. The van der Waals surface area contributed by atoms with Crippen LogP contribution in [0.1, 0.15) is 22.2 Å². The van der Waals surface area contributed by atoms with E-state index in [1.807, 2.05) is 35.9 Å². The molecule has 4 heteroatoms. The minimum Gasteiger partial charge on any atom is -0.316 e. The standard InChI is InChI=1S/C13H15N3S/c1-9-12(10-2-5-14-6-3-10)16-13(17-9)11-4-7-15-8-11/h2-3,5-6,11,15H,4,7-8H2,1H3. The highest BCUT2D eigenvalue weighted by molar-refractivity contribution is 7.12. The number of aryl methyl sites for hydroxylation is 1. The van der Waals surface area contributed by atoms with Crippen molar-refractivity contribution >= 4 is 11.3 Å². The Morgan fingerprint density at radius 3 is 2.88 bits per heavy atom. The average molecular weight is 245 g/mol. The Hall–Kier alpha value is -1.26. The molecular weight excluding hydrogens is 230 g/mol. The molecule has 1 aliphatic rings. The molecule has 1 saturated heterocycles. The van der Waals surface area contributed by atoms with Crippen molar-refractivity contribution in [3.05, 3.63) is 34.4 Å². The minimum atomic E-state index is 0.606. The van der Waals surface area contributed by atoms with Gasteiger partial charge in [-0.2, -0.15) is 0 Å². The van der Waals surface area contributed by atoms with E-state index in [1.54, 1.807) is 0 Å². The van der Waals surface area contributed by atoms with Crippen molar-refractivity contribution in [1.29, 1.82) is 0 Å². The molecule has 88 valence electrons. The molecule has 3 heterocycles. The molecule has 1 aliphatic heterocycles. The van der Waals surface area contributed by atoms with Crippen molar-refractivity contribution < 1.29 is 0 Å². The maximum Gasteiger partial charge on any atom is 0.0979 e. The summed E-state index contributed by atoms with van der Waals surface area (Å²) in [4.78, 5) is 10.2. The number of nitrogens with one attached hydrogen (secondary N) is 1. The maximum atomic E-state index is 4.81. The lowest BCUT2D eigenvalue weighted by Crippen LogP contribution is -2.07. The molecule has 0 spiro atoms. The van der Waals surface area contributed by atoms with Gasteiger partial charge in [-0.05, 0) is 32.0 Å². The fraction of sp³-hybridized carbons (Fsp3) is 0.385. The summed E-state index contributed by atoms with van der Waals surface area (Å²) in [7, 11) is 0. The van der Waals surface area contributed by atoms with Gasteiger partial charge in [-0.15, -0.1) is 11.3 Å². The molecule has 2 aromatic rings. The third kappa shape index (κ3) is 2.10. The molecule has 0 aromatic carbocycles. The molecule has 1 N–H and O–H groups in total. The van der Waals surface area contributed by atoms with E-state index >= 15 is 0 Å². The number of rotatable bonds is 2. The van der Waals surface area contributed by atoms with E-state index < -0.39 is 0 Å². The summed E-state index contributed by atoms with van der Waals surface area (Å²) in [5.41, 5.74) is 2.30. The van der Waals surface area contributed by atoms with Crippen LogP contribution in [0.3, 0.4) is 0 Å². The molecule has 2 aromatic heterocycles. The first-order valence-corrected chi connectivity index (χ1v) is 6.74. The summed E-state index contributed by atoms with van der Waals surface area (Å²) in [5, 5.41) is 4.67. The van der Waals surface area contributed by atoms with E-state index in [-0.39, 0.29) is 0 Å². The Morgan fingerprint density at radius 1 is 1.35 bits per heavy atom. The van der Waals surface area contributed by atoms with E-state index in [9.17, 15) is 0 Å².